The molecule has 1 fully saturated rings. The average Bonchev–Trinajstić information content (AvgIpc) is 2.39. The van der Waals surface area contributed by atoms with E-state index in [1.807, 2.05) is 18.0 Å². The highest BCUT2D eigenvalue weighted by Crippen LogP contribution is 2.31. The van der Waals surface area contributed by atoms with Crippen molar-refractivity contribution >= 4 is 23.1 Å². The second-order valence-electron chi connectivity index (χ2n) is 3.92. The van der Waals surface area contributed by atoms with Crippen LogP contribution in [0.4, 0.5) is 11.4 Å². The maximum atomic E-state index is 5.35. The van der Waals surface area contributed by atoms with E-state index >= 15 is 0 Å². The molecule has 0 bridgehead atoms. The fraction of sp³-hybridized carbons (Fsp3) is 0.545. The van der Waals surface area contributed by atoms with E-state index in [2.05, 4.69) is 21.3 Å². The van der Waals surface area contributed by atoms with Crippen molar-refractivity contribution in [1.82, 2.24) is 4.98 Å². The first-order valence-corrected chi connectivity index (χ1v) is 6.61. The van der Waals surface area contributed by atoms with Crippen LogP contribution in [0, 0.1) is 0 Å². The minimum Gasteiger partial charge on any atom is -0.382 e. The van der Waals surface area contributed by atoms with Crippen LogP contribution < -0.4 is 10.2 Å². The van der Waals surface area contributed by atoms with Crippen LogP contribution in [-0.4, -0.2) is 43.6 Å². The molecule has 1 aromatic rings. The molecule has 0 atom stereocenters. The van der Waals surface area contributed by atoms with Crippen LogP contribution in [0.5, 0.6) is 0 Å². The van der Waals surface area contributed by atoms with Crippen LogP contribution in [0.2, 0.25) is 0 Å². The second-order valence-corrected chi connectivity index (χ2v) is 5.00. The van der Waals surface area contributed by atoms with Gasteiger partial charge in [-0.3, -0.25) is 0 Å². The first-order chi connectivity index (χ1) is 7.93. The third kappa shape index (κ3) is 1.97. The Morgan fingerprint density at radius 3 is 3.12 bits per heavy atom. The van der Waals surface area contributed by atoms with Crippen LogP contribution in [0.3, 0.4) is 0 Å². The Labute approximate surface area is 99.4 Å². The SMILES string of the molecule is c1nc2c(cc1N1CCOCC1)NCCS2. The van der Waals surface area contributed by atoms with E-state index in [1.165, 1.54) is 11.4 Å². The number of aromatic nitrogens is 1. The molecule has 1 aromatic heterocycles. The molecule has 4 nitrogen and oxygen atoms in total. The van der Waals surface area contributed by atoms with Crippen molar-refractivity contribution in [3.63, 3.8) is 0 Å². The fourth-order valence-electron chi connectivity index (χ4n) is 2.01. The van der Waals surface area contributed by atoms with Crippen molar-refractivity contribution in [1.29, 1.82) is 0 Å². The van der Waals surface area contributed by atoms with E-state index in [-0.39, 0.29) is 0 Å². The van der Waals surface area contributed by atoms with E-state index in [4.69, 9.17) is 4.74 Å². The van der Waals surface area contributed by atoms with Gasteiger partial charge in [0.2, 0.25) is 0 Å². The summed E-state index contributed by atoms with van der Waals surface area (Å²) in [5.41, 5.74) is 2.39. The van der Waals surface area contributed by atoms with Gasteiger partial charge in [-0.2, -0.15) is 0 Å². The molecule has 3 heterocycles. The van der Waals surface area contributed by atoms with Crippen LogP contribution in [0.1, 0.15) is 0 Å². The lowest BCUT2D eigenvalue weighted by Gasteiger charge is -2.29. The molecule has 3 rings (SSSR count). The lowest BCUT2D eigenvalue weighted by Crippen LogP contribution is -2.36. The summed E-state index contributed by atoms with van der Waals surface area (Å²) < 4.78 is 5.35. The number of ether oxygens (including phenoxy) is 1. The number of nitrogens with one attached hydrogen (secondary N) is 1. The Kier molecular flexibility index (Phi) is 2.88. The zero-order valence-corrected chi connectivity index (χ0v) is 9.92. The van der Waals surface area contributed by atoms with E-state index in [0.29, 0.717) is 0 Å². The number of morpholine rings is 1. The van der Waals surface area contributed by atoms with Crippen LogP contribution in [0.25, 0.3) is 0 Å². The highest BCUT2D eigenvalue weighted by molar-refractivity contribution is 7.99. The van der Waals surface area contributed by atoms with E-state index in [0.717, 1.165) is 43.6 Å². The molecular weight excluding hydrogens is 222 g/mol. The summed E-state index contributed by atoms with van der Waals surface area (Å²) in [6.07, 6.45) is 1.98. The Morgan fingerprint density at radius 2 is 2.25 bits per heavy atom. The van der Waals surface area contributed by atoms with Crippen LogP contribution >= 0.6 is 11.8 Å². The fourth-order valence-corrected chi connectivity index (χ4v) is 2.82. The van der Waals surface area contributed by atoms with Gasteiger partial charge in [0, 0.05) is 25.4 Å². The predicted octanol–water partition coefficient (Wildman–Crippen LogP) is 1.44. The molecule has 5 heteroatoms. The van der Waals surface area contributed by atoms with Gasteiger partial charge in [0.1, 0.15) is 5.03 Å². The summed E-state index contributed by atoms with van der Waals surface area (Å²) in [6, 6.07) is 2.21. The standard InChI is InChI=1S/C11H15N3OS/c1-6-16-11-10(12-1)7-9(8-13-11)14-2-4-15-5-3-14/h7-8,12H,1-6H2. The number of anilines is 2. The third-order valence-electron chi connectivity index (χ3n) is 2.87. The van der Waals surface area contributed by atoms with Gasteiger partial charge in [-0.15, -0.1) is 11.8 Å². The number of fused-ring (bicyclic) bond motifs is 1. The second kappa shape index (κ2) is 4.51. The van der Waals surface area contributed by atoms with Gasteiger partial charge in [0.25, 0.3) is 0 Å². The molecule has 2 aliphatic heterocycles. The van der Waals surface area contributed by atoms with Crippen molar-refractivity contribution in [2.75, 3.05) is 48.8 Å². The number of rotatable bonds is 1. The van der Waals surface area contributed by atoms with Gasteiger partial charge in [-0.05, 0) is 6.07 Å². The summed E-state index contributed by atoms with van der Waals surface area (Å²) in [5, 5.41) is 4.53. The minimum absolute atomic E-state index is 0.819. The molecule has 0 radical (unpaired) electrons. The van der Waals surface area contributed by atoms with Crippen molar-refractivity contribution in [3.05, 3.63) is 12.3 Å². The first kappa shape index (κ1) is 10.2. The van der Waals surface area contributed by atoms with E-state index in [1.54, 1.807) is 0 Å². The number of hydrogen-bond acceptors (Lipinski definition) is 5. The molecule has 0 aliphatic carbocycles. The molecule has 0 amide bonds. The highest BCUT2D eigenvalue weighted by Gasteiger charge is 2.15. The zero-order chi connectivity index (χ0) is 10.8. The van der Waals surface area contributed by atoms with Crippen molar-refractivity contribution < 1.29 is 4.74 Å². The first-order valence-electron chi connectivity index (χ1n) is 5.63. The minimum atomic E-state index is 0.819. The molecule has 1 N–H and O–H groups in total. The van der Waals surface area contributed by atoms with E-state index in [9.17, 15) is 0 Å². The highest BCUT2D eigenvalue weighted by atomic mass is 32.2. The lowest BCUT2D eigenvalue weighted by molar-refractivity contribution is 0.122. The number of thioether (sulfide) groups is 1. The van der Waals surface area contributed by atoms with Crippen LogP contribution in [-0.2, 0) is 4.74 Å². The van der Waals surface area contributed by atoms with Gasteiger partial charge >= 0.3 is 0 Å². The Bertz CT molecular complexity index is 379. The van der Waals surface area contributed by atoms with Gasteiger partial charge in [0.15, 0.2) is 0 Å². The maximum Gasteiger partial charge on any atom is 0.119 e. The number of hydrogen-bond donors (Lipinski definition) is 1. The summed E-state index contributed by atoms with van der Waals surface area (Å²) in [5.74, 6) is 1.11. The average molecular weight is 237 g/mol. The molecule has 86 valence electrons. The van der Waals surface area contributed by atoms with Crippen LogP contribution in [0.15, 0.2) is 17.3 Å². The van der Waals surface area contributed by atoms with Gasteiger partial charge < -0.3 is 15.0 Å². The molecule has 0 spiro atoms. The Balaban J connectivity index is 1.84. The summed E-state index contributed by atoms with van der Waals surface area (Å²) in [6.45, 7) is 4.60. The largest absolute Gasteiger partial charge is 0.382 e. The molecule has 0 aromatic carbocycles. The number of pyridine rings is 1. The molecule has 2 aliphatic rings. The maximum absolute atomic E-state index is 5.35. The van der Waals surface area contributed by atoms with Crippen molar-refractivity contribution in [3.8, 4) is 0 Å². The predicted molar refractivity (Wildman–Crippen MR) is 66.5 cm³/mol. The molecule has 1 saturated heterocycles. The molecule has 16 heavy (non-hydrogen) atoms. The lowest BCUT2D eigenvalue weighted by atomic mass is 10.3. The summed E-state index contributed by atoms with van der Waals surface area (Å²) in [7, 11) is 0. The molecule has 0 unspecified atom stereocenters. The van der Waals surface area contributed by atoms with Crippen molar-refractivity contribution in [2.45, 2.75) is 5.03 Å². The Hall–Kier alpha value is -0.940. The Morgan fingerprint density at radius 1 is 1.38 bits per heavy atom. The van der Waals surface area contributed by atoms with Gasteiger partial charge in [-0.25, -0.2) is 4.98 Å². The molecule has 0 saturated carbocycles. The number of nitrogens with zero attached hydrogens (tertiary/aromatic N) is 2. The summed E-state index contributed by atoms with van der Waals surface area (Å²) >= 11 is 1.83. The quantitative estimate of drug-likeness (QED) is 0.800. The van der Waals surface area contributed by atoms with E-state index < -0.39 is 0 Å². The monoisotopic (exact) mass is 237 g/mol. The normalized spacial score (nSPS) is 20.1. The van der Waals surface area contributed by atoms with Gasteiger partial charge in [0.05, 0.1) is 30.8 Å². The molecular formula is C11H15N3OS. The smallest absolute Gasteiger partial charge is 0.119 e. The zero-order valence-electron chi connectivity index (χ0n) is 9.11. The topological polar surface area (TPSA) is 37.4 Å². The summed E-state index contributed by atoms with van der Waals surface area (Å²) in [4.78, 5) is 6.84. The third-order valence-corrected chi connectivity index (χ3v) is 3.88. The van der Waals surface area contributed by atoms with Gasteiger partial charge in [-0.1, -0.05) is 0 Å². The van der Waals surface area contributed by atoms with Crippen molar-refractivity contribution in [2.24, 2.45) is 0 Å².